The zero-order valence-corrected chi connectivity index (χ0v) is 26.2. The van der Waals surface area contributed by atoms with Gasteiger partial charge in [-0.2, -0.15) is 0 Å². The number of fused-ring (bicyclic) bond motifs is 1. The van der Waals surface area contributed by atoms with Gasteiger partial charge in [-0.3, -0.25) is 0 Å². The van der Waals surface area contributed by atoms with Crippen molar-refractivity contribution >= 4 is 5.69 Å². The molecule has 2 heterocycles. The first kappa shape index (κ1) is 32.5. The number of rotatable bonds is 17. The van der Waals surface area contributed by atoms with E-state index in [1.54, 1.807) is 14.2 Å². The van der Waals surface area contributed by atoms with Gasteiger partial charge >= 0.3 is 0 Å². The lowest BCUT2D eigenvalue weighted by Crippen LogP contribution is -2.51. The molecule has 9 nitrogen and oxygen atoms in total. The summed E-state index contributed by atoms with van der Waals surface area (Å²) in [5.74, 6) is 1.90. The molecule has 0 amide bonds. The van der Waals surface area contributed by atoms with E-state index >= 15 is 0 Å². The standard InChI is InChI=1S/C33H51N3O6/c1-25(35(2)3)23-41-31-21-34-22-32(33(31)27-9-11-28(12-10-27)39-18-7-17-38-5)42-24-26-8-13-30-29(20-26)36(15-19-40-30)14-6-16-37-4/h8-13,20,25,31-34H,6-7,14-19,21-24H2,1-5H3/t25-,31+,32-,33-/m0/s1. The zero-order valence-electron chi connectivity index (χ0n) is 26.2. The van der Waals surface area contributed by atoms with E-state index in [-0.39, 0.29) is 18.1 Å². The van der Waals surface area contributed by atoms with Gasteiger partial charge < -0.3 is 43.5 Å². The minimum Gasteiger partial charge on any atom is -0.494 e. The normalized spacial score (nSPS) is 21.2. The monoisotopic (exact) mass is 585 g/mol. The second-order valence-electron chi connectivity index (χ2n) is 11.5. The van der Waals surface area contributed by atoms with E-state index in [2.05, 4.69) is 78.6 Å². The number of anilines is 1. The van der Waals surface area contributed by atoms with Crippen LogP contribution < -0.4 is 19.7 Å². The molecule has 9 heteroatoms. The third-order valence-corrected chi connectivity index (χ3v) is 8.18. The highest BCUT2D eigenvalue weighted by Crippen LogP contribution is 2.35. The van der Waals surface area contributed by atoms with Crippen molar-refractivity contribution in [2.75, 3.05) is 92.4 Å². The Morgan fingerprint density at radius 3 is 2.43 bits per heavy atom. The van der Waals surface area contributed by atoms with Crippen LogP contribution in [0.1, 0.15) is 36.8 Å². The largest absolute Gasteiger partial charge is 0.494 e. The minimum atomic E-state index is -0.0445. The highest BCUT2D eigenvalue weighted by atomic mass is 16.5. The first-order valence-corrected chi connectivity index (χ1v) is 15.3. The summed E-state index contributed by atoms with van der Waals surface area (Å²) in [6.45, 7) is 9.53. The fourth-order valence-corrected chi connectivity index (χ4v) is 5.45. The van der Waals surface area contributed by atoms with Crippen LogP contribution in [-0.2, 0) is 25.6 Å². The lowest BCUT2D eigenvalue weighted by Gasteiger charge is -2.39. The molecule has 0 radical (unpaired) electrons. The molecule has 4 atom stereocenters. The molecule has 2 aliphatic heterocycles. The molecule has 0 bridgehead atoms. The topological polar surface area (TPSA) is 73.9 Å². The molecule has 4 rings (SSSR count). The summed E-state index contributed by atoms with van der Waals surface area (Å²) in [4.78, 5) is 4.58. The molecule has 1 saturated heterocycles. The molecule has 0 unspecified atom stereocenters. The number of benzene rings is 2. The van der Waals surface area contributed by atoms with Crippen molar-refractivity contribution < 1.29 is 28.4 Å². The highest BCUT2D eigenvalue weighted by molar-refractivity contribution is 5.61. The van der Waals surface area contributed by atoms with Crippen molar-refractivity contribution in [2.45, 2.75) is 50.5 Å². The predicted molar refractivity (Wildman–Crippen MR) is 166 cm³/mol. The summed E-state index contributed by atoms with van der Waals surface area (Å²) in [5, 5.41) is 3.57. The average Bonchev–Trinajstić information content (AvgIpc) is 3.01. The van der Waals surface area contributed by atoms with Gasteiger partial charge in [0.05, 0.1) is 44.3 Å². The van der Waals surface area contributed by atoms with Crippen LogP contribution in [0.5, 0.6) is 11.5 Å². The van der Waals surface area contributed by atoms with E-state index in [0.29, 0.717) is 39.1 Å². The molecule has 0 saturated carbocycles. The molecule has 2 aromatic carbocycles. The third-order valence-electron chi connectivity index (χ3n) is 8.18. The number of likely N-dealkylation sites (N-methyl/N-ethyl adjacent to an activating group) is 1. The number of nitrogens with zero attached hydrogens (tertiary/aromatic N) is 2. The second kappa shape index (κ2) is 17.0. The van der Waals surface area contributed by atoms with Gasteiger partial charge in [-0.1, -0.05) is 18.2 Å². The summed E-state index contributed by atoms with van der Waals surface area (Å²) in [7, 11) is 7.64. The smallest absolute Gasteiger partial charge is 0.142 e. The summed E-state index contributed by atoms with van der Waals surface area (Å²) < 4.78 is 35.5. The number of hydrogen-bond acceptors (Lipinski definition) is 9. The Balaban J connectivity index is 1.47. The molecule has 234 valence electrons. The Morgan fingerprint density at radius 1 is 0.952 bits per heavy atom. The fourth-order valence-electron chi connectivity index (χ4n) is 5.45. The zero-order chi connectivity index (χ0) is 29.7. The molecule has 1 N–H and O–H groups in total. The van der Waals surface area contributed by atoms with E-state index < -0.39 is 0 Å². The number of nitrogens with one attached hydrogen (secondary N) is 1. The summed E-state index contributed by atoms with van der Waals surface area (Å²) in [6, 6.07) is 15.2. The molecule has 2 aliphatic rings. The molecule has 0 aromatic heterocycles. The number of piperidine rings is 1. The Morgan fingerprint density at radius 2 is 1.69 bits per heavy atom. The van der Waals surface area contributed by atoms with E-state index in [9.17, 15) is 0 Å². The fraction of sp³-hybridized carbons (Fsp3) is 0.636. The number of hydrogen-bond donors (Lipinski definition) is 1. The Kier molecular flexibility index (Phi) is 13.2. The van der Waals surface area contributed by atoms with E-state index in [1.807, 2.05) is 0 Å². The Bertz CT molecular complexity index is 1050. The summed E-state index contributed by atoms with van der Waals surface area (Å²) in [5.41, 5.74) is 3.48. The molecule has 42 heavy (non-hydrogen) atoms. The number of ether oxygens (including phenoxy) is 6. The van der Waals surface area contributed by atoms with Crippen LogP contribution in [0.2, 0.25) is 0 Å². The van der Waals surface area contributed by atoms with Gasteiger partial charge in [0.2, 0.25) is 0 Å². The lowest BCUT2D eigenvalue weighted by atomic mass is 9.85. The first-order valence-electron chi connectivity index (χ1n) is 15.3. The van der Waals surface area contributed by atoms with Crippen LogP contribution >= 0.6 is 0 Å². The molecular formula is C33H51N3O6. The summed E-state index contributed by atoms with van der Waals surface area (Å²) >= 11 is 0. The minimum absolute atomic E-state index is 0.00664. The van der Waals surface area contributed by atoms with Crippen LogP contribution in [0.25, 0.3) is 0 Å². The van der Waals surface area contributed by atoms with E-state index in [4.69, 9.17) is 28.4 Å². The van der Waals surface area contributed by atoms with Gasteiger partial charge in [0.1, 0.15) is 18.1 Å². The van der Waals surface area contributed by atoms with Crippen molar-refractivity contribution in [3.63, 3.8) is 0 Å². The van der Waals surface area contributed by atoms with Crippen molar-refractivity contribution in [1.82, 2.24) is 10.2 Å². The first-order chi connectivity index (χ1) is 20.5. The molecule has 0 spiro atoms. The van der Waals surface area contributed by atoms with Crippen LogP contribution in [-0.4, -0.2) is 111 Å². The third kappa shape index (κ3) is 9.30. The molecule has 0 aliphatic carbocycles. The lowest BCUT2D eigenvalue weighted by molar-refractivity contribution is -0.0676. The number of methoxy groups -OCH3 is 2. The van der Waals surface area contributed by atoms with Crippen molar-refractivity contribution in [1.29, 1.82) is 0 Å². The summed E-state index contributed by atoms with van der Waals surface area (Å²) in [6.07, 6.45) is 1.80. The highest BCUT2D eigenvalue weighted by Gasteiger charge is 2.36. The quantitative estimate of drug-likeness (QED) is 0.278. The van der Waals surface area contributed by atoms with Gasteiger partial charge in [0.25, 0.3) is 0 Å². The molecule has 1 fully saturated rings. The Hall–Kier alpha value is -2.40. The van der Waals surface area contributed by atoms with Gasteiger partial charge in [-0.15, -0.1) is 0 Å². The van der Waals surface area contributed by atoms with Crippen LogP contribution in [0.4, 0.5) is 5.69 Å². The van der Waals surface area contributed by atoms with Gasteiger partial charge in [0, 0.05) is 65.4 Å². The van der Waals surface area contributed by atoms with Gasteiger partial charge in [-0.25, -0.2) is 0 Å². The maximum Gasteiger partial charge on any atom is 0.142 e. The van der Waals surface area contributed by atoms with Gasteiger partial charge in [-0.05, 0) is 62.8 Å². The van der Waals surface area contributed by atoms with Crippen LogP contribution in [0.3, 0.4) is 0 Å². The maximum absolute atomic E-state index is 6.69. The average molecular weight is 586 g/mol. The van der Waals surface area contributed by atoms with Crippen LogP contribution in [0.15, 0.2) is 42.5 Å². The van der Waals surface area contributed by atoms with E-state index in [1.165, 1.54) is 5.56 Å². The van der Waals surface area contributed by atoms with Crippen molar-refractivity contribution in [2.24, 2.45) is 0 Å². The van der Waals surface area contributed by atoms with Crippen molar-refractivity contribution in [3.05, 3.63) is 53.6 Å². The molecule has 2 aromatic rings. The molecular weight excluding hydrogens is 534 g/mol. The van der Waals surface area contributed by atoms with Crippen molar-refractivity contribution in [3.8, 4) is 11.5 Å². The maximum atomic E-state index is 6.69. The van der Waals surface area contributed by atoms with Crippen LogP contribution in [0, 0.1) is 0 Å². The Labute approximate surface area is 252 Å². The van der Waals surface area contributed by atoms with E-state index in [0.717, 1.165) is 68.4 Å². The second-order valence-corrected chi connectivity index (χ2v) is 11.5. The van der Waals surface area contributed by atoms with Gasteiger partial charge in [0.15, 0.2) is 0 Å². The SMILES string of the molecule is COCCCOc1ccc([C@@H]2[C@@H](OCc3ccc4c(c3)N(CCCOC)CCO4)CNC[C@H]2OC[C@H](C)N(C)C)cc1. The predicted octanol–water partition coefficient (Wildman–Crippen LogP) is 3.94.